The van der Waals surface area contributed by atoms with E-state index < -0.39 is 0 Å². The van der Waals surface area contributed by atoms with Crippen LogP contribution in [0.2, 0.25) is 0 Å². The minimum atomic E-state index is -0.221. The van der Waals surface area contributed by atoms with Crippen LogP contribution in [0.15, 0.2) is 23.6 Å². The van der Waals surface area contributed by atoms with E-state index in [0.717, 1.165) is 35.6 Å². The first-order valence-corrected chi connectivity index (χ1v) is 9.18. The van der Waals surface area contributed by atoms with Crippen molar-refractivity contribution in [2.45, 2.75) is 38.3 Å². The first-order chi connectivity index (χ1) is 11.6. The minimum absolute atomic E-state index is 0.0408. The summed E-state index contributed by atoms with van der Waals surface area (Å²) in [5.41, 5.74) is 2.50. The van der Waals surface area contributed by atoms with Gasteiger partial charge in [-0.05, 0) is 49.4 Å². The molecule has 1 amide bonds. The Hall–Kier alpha value is -1.79. The van der Waals surface area contributed by atoms with Crippen LogP contribution in [0.3, 0.4) is 0 Å². The van der Waals surface area contributed by atoms with Gasteiger partial charge in [0.1, 0.15) is 22.6 Å². The van der Waals surface area contributed by atoms with Crippen molar-refractivity contribution in [3.05, 3.63) is 51.2 Å². The van der Waals surface area contributed by atoms with Gasteiger partial charge in [-0.15, -0.1) is 11.3 Å². The number of aromatic nitrogens is 1. The smallest absolute Gasteiger partial charge is 0.273 e. The molecule has 6 heteroatoms. The number of rotatable bonds is 2. The fourth-order valence-corrected chi connectivity index (χ4v) is 4.41. The predicted molar refractivity (Wildman–Crippen MR) is 89.6 cm³/mol. The van der Waals surface area contributed by atoms with Gasteiger partial charge < -0.3 is 9.64 Å². The zero-order valence-corrected chi connectivity index (χ0v) is 14.3. The second kappa shape index (κ2) is 6.26. The maximum absolute atomic E-state index is 13.4. The van der Waals surface area contributed by atoms with Crippen LogP contribution in [0.4, 0.5) is 4.39 Å². The van der Waals surface area contributed by atoms with E-state index in [1.807, 2.05) is 17.2 Å². The summed E-state index contributed by atoms with van der Waals surface area (Å²) in [5.74, 6) is -0.278. The summed E-state index contributed by atoms with van der Waals surface area (Å²) in [6.45, 7) is 3.34. The van der Waals surface area contributed by atoms with Crippen LogP contribution >= 0.6 is 11.3 Å². The molecule has 2 aliphatic heterocycles. The molecule has 1 saturated heterocycles. The summed E-state index contributed by atoms with van der Waals surface area (Å²) >= 11 is 1.49. The molecule has 2 aromatic rings. The zero-order valence-electron chi connectivity index (χ0n) is 13.5. The lowest BCUT2D eigenvalue weighted by molar-refractivity contribution is 0.0670. The molecule has 0 N–H and O–H groups in total. The second-order valence-corrected chi connectivity index (χ2v) is 7.23. The average Bonchev–Trinajstić information content (AvgIpc) is 3.26. The first-order valence-electron chi connectivity index (χ1n) is 8.30. The van der Waals surface area contributed by atoms with E-state index >= 15 is 0 Å². The Morgan fingerprint density at radius 2 is 2.33 bits per heavy atom. The summed E-state index contributed by atoms with van der Waals surface area (Å²) in [6.07, 6.45) is 2.73. The molecule has 0 radical (unpaired) electrons. The highest BCUT2D eigenvalue weighted by molar-refractivity contribution is 7.09. The SMILES string of the molecule is CC1c2ccc(F)cc2CCN1C(=O)c1csc(C2CCCO2)n1. The van der Waals surface area contributed by atoms with Crippen molar-refractivity contribution in [3.63, 3.8) is 0 Å². The van der Waals surface area contributed by atoms with Crippen molar-refractivity contribution in [2.75, 3.05) is 13.2 Å². The van der Waals surface area contributed by atoms with Crippen molar-refractivity contribution >= 4 is 17.2 Å². The lowest BCUT2D eigenvalue weighted by Crippen LogP contribution is -2.39. The van der Waals surface area contributed by atoms with Gasteiger partial charge in [-0.1, -0.05) is 6.07 Å². The Kier molecular flexibility index (Phi) is 4.10. The number of halogens is 1. The highest BCUT2D eigenvalue weighted by Crippen LogP contribution is 2.33. The van der Waals surface area contributed by atoms with Gasteiger partial charge in [-0.25, -0.2) is 9.37 Å². The largest absolute Gasteiger partial charge is 0.371 e. The summed E-state index contributed by atoms with van der Waals surface area (Å²) < 4.78 is 19.0. The van der Waals surface area contributed by atoms with Gasteiger partial charge >= 0.3 is 0 Å². The third-order valence-electron chi connectivity index (χ3n) is 4.85. The van der Waals surface area contributed by atoms with Crippen LogP contribution in [0.1, 0.15) is 58.5 Å². The minimum Gasteiger partial charge on any atom is -0.371 e. The van der Waals surface area contributed by atoms with E-state index in [9.17, 15) is 9.18 Å². The van der Waals surface area contributed by atoms with Gasteiger partial charge in [0.15, 0.2) is 0 Å². The number of benzene rings is 1. The Labute approximate surface area is 144 Å². The topological polar surface area (TPSA) is 42.4 Å². The van der Waals surface area contributed by atoms with Crippen LogP contribution in [0.5, 0.6) is 0 Å². The molecule has 4 rings (SSSR count). The van der Waals surface area contributed by atoms with E-state index in [1.54, 1.807) is 12.1 Å². The number of ether oxygens (including phenoxy) is 1. The number of thiazole rings is 1. The van der Waals surface area contributed by atoms with Gasteiger partial charge in [0.05, 0.1) is 6.04 Å². The fourth-order valence-electron chi connectivity index (χ4n) is 3.53. The number of nitrogens with zero attached hydrogens (tertiary/aromatic N) is 2. The standard InChI is InChI=1S/C18H19FN2O2S/c1-11-14-5-4-13(19)9-12(14)6-7-21(11)18(22)15-10-24-17(20-15)16-3-2-8-23-16/h4-5,9-11,16H,2-3,6-8H2,1H3. The Bertz CT molecular complexity index is 770. The second-order valence-electron chi connectivity index (χ2n) is 6.34. The molecule has 0 saturated carbocycles. The molecule has 0 aliphatic carbocycles. The monoisotopic (exact) mass is 346 g/mol. The molecular formula is C18H19FN2O2S. The molecule has 24 heavy (non-hydrogen) atoms. The molecule has 4 nitrogen and oxygen atoms in total. The number of hydrogen-bond acceptors (Lipinski definition) is 4. The molecular weight excluding hydrogens is 327 g/mol. The van der Waals surface area contributed by atoms with Gasteiger partial charge in [-0.2, -0.15) is 0 Å². The highest BCUT2D eigenvalue weighted by Gasteiger charge is 2.30. The maximum Gasteiger partial charge on any atom is 0.273 e. The quantitative estimate of drug-likeness (QED) is 0.828. The number of hydrogen-bond donors (Lipinski definition) is 0. The number of amides is 1. The number of fused-ring (bicyclic) bond motifs is 1. The van der Waals surface area contributed by atoms with Crippen LogP contribution in [-0.4, -0.2) is 28.9 Å². The normalized spacial score (nSPS) is 23.3. The molecule has 3 heterocycles. The molecule has 1 fully saturated rings. The molecule has 1 aromatic carbocycles. The molecule has 0 bridgehead atoms. The highest BCUT2D eigenvalue weighted by atomic mass is 32.1. The van der Waals surface area contributed by atoms with Crippen molar-refractivity contribution in [1.29, 1.82) is 0 Å². The maximum atomic E-state index is 13.4. The van der Waals surface area contributed by atoms with Crippen LogP contribution in [0, 0.1) is 5.82 Å². The van der Waals surface area contributed by atoms with Gasteiger partial charge in [-0.3, -0.25) is 4.79 Å². The Balaban J connectivity index is 1.55. The lowest BCUT2D eigenvalue weighted by atomic mass is 9.93. The molecule has 1 aromatic heterocycles. The molecule has 2 unspecified atom stereocenters. The van der Waals surface area contributed by atoms with Crippen molar-refractivity contribution < 1.29 is 13.9 Å². The van der Waals surface area contributed by atoms with Gasteiger partial charge in [0, 0.05) is 18.5 Å². The number of carbonyl (C=O) groups is 1. The third-order valence-corrected chi connectivity index (χ3v) is 5.79. The van der Waals surface area contributed by atoms with E-state index in [-0.39, 0.29) is 23.9 Å². The van der Waals surface area contributed by atoms with Crippen molar-refractivity contribution in [1.82, 2.24) is 9.88 Å². The summed E-state index contributed by atoms with van der Waals surface area (Å²) in [6, 6.07) is 4.75. The van der Waals surface area contributed by atoms with E-state index in [4.69, 9.17) is 4.74 Å². The molecule has 2 atom stereocenters. The van der Waals surface area contributed by atoms with E-state index in [2.05, 4.69) is 4.98 Å². The van der Waals surface area contributed by atoms with E-state index in [0.29, 0.717) is 18.7 Å². The van der Waals surface area contributed by atoms with Gasteiger partial charge in [0.2, 0.25) is 0 Å². The summed E-state index contributed by atoms with van der Waals surface area (Å²) in [5, 5.41) is 2.72. The predicted octanol–water partition coefficient (Wildman–Crippen LogP) is 3.89. The fraction of sp³-hybridized carbons (Fsp3) is 0.444. The Morgan fingerprint density at radius 3 is 3.12 bits per heavy atom. The third kappa shape index (κ3) is 2.74. The molecule has 2 aliphatic rings. The van der Waals surface area contributed by atoms with Crippen LogP contribution in [-0.2, 0) is 11.2 Å². The lowest BCUT2D eigenvalue weighted by Gasteiger charge is -2.34. The molecule has 126 valence electrons. The molecule has 0 spiro atoms. The van der Waals surface area contributed by atoms with Crippen LogP contribution in [0.25, 0.3) is 0 Å². The average molecular weight is 346 g/mol. The number of carbonyl (C=O) groups excluding carboxylic acids is 1. The van der Waals surface area contributed by atoms with E-state index in [1.165, 1.54) is 17.4 Å². The Morgan fingerprint density at radius 1 is 1.46 bits per heavy atom. The van der Waals surface area contributed by atoms with Crippen LogP contribution < -0.4 is 0 Å². The van der Waals surface area contributed by atoms with Crippen molar-refractivity contribution in [3.8, 4) is 0 Å². The van der Waals surface area contributed by atoms with Gasteiger partial charge in [0.25, 0.3) is 5.91 Å². The zero-order chi connectivity index (χ0) is 16.7. The summed E-state index contributed by atoms with van der Waals surface area (Å²) in [4.78, 5) is 19.2. The van der Waals surface area contributed by atoms with Crippen molar-refractivity contribution in [2.24, 2.45) is 0 Å². The first kappa shape index (κ1) is 15.7. The summed E-state index contributed by atoms with van der Waals surface area (Å²) in [7, 11) is 0.